The lowest BCUT2D eigenvalue weighted by Gasteiger charge is -2.30. The predicted octanol–water partition coefficient (Wildman–Crippen LogP) is 2.77. The van der Waals surface area contributed by atoms with E-state index in [9.17, 15) is 4.79 Å². The average molecular weight is 299 g/mol. The molecule has 1 fully saturated rings. The average Bonchev–Trinajstić information content (AvgIpc) is 2.37. The van der Waals surface area contributed by atoms with E-state index < -0.39 is 5.60 Å². The van der Waals surface area contributed by atoms with Crippen molar-refractivity contribution in [3.63, 3.8) is 0 Å². The third kappa shape index (κ3) is 8.27. The Balaban J connectivity index is 2.30. The lowest BCUT2D eigenvalue weighted by Crippen LogP contribution is -2.46. The number of nitrogens with zero attached hydrogens (tertiary/aromatic N) is 1. The fraction of sp³-hybridized carbons (Fsp3) is 0.938. The molecule has 1 saturated heterocycles. The van der Waals surface area contributed by atoms with E-state index in [1.54, 1.807) is 0 Å². The summed E-state index contributed by atoms with van der Waals surface area (Å²) < 4.78 is 5.28. The first kappa shape index (κ1) is 18.2. The number of nitrogens with one attached hydrogen (secondary N) is 2. The molecule has 124 valence electrons. The van der Waals surface area contributed by atoms with Crippen molar-refractivity contribution >= 4 is 6.09 Å². The van der Waals surface area contributed by atoms with Crippen LogP contribution in [0.1, 0.15) is 53.9 Å². The van der Waals surface area contributed by atoms with Crippen molar-refractivity contribution in [3.05, 3.63) is 0 Å². The number of hydrazine groups is 1. The summed E-state index contributed by atoms with van der Waals surface area (Å²) in [6.45, 7) is 13.8. The van der Waals surface area contributed by atoms with Crippen molar-refractivity contribution in [2.75, 3.05) is 26.2 Å². The Morgan fingerprint density at radius 3 is 2.29 bits per heavy atom. The second kappa shape index (κ2) is 8.59. The Bertz CT molecular complexity index is 307. The van der Waals surface area contributed by atoms with Crippen LogP contribution in [0.3, 0.4) is 0 Å². The summed E-state index contributed by atoms with van der Waals surface area (Å²) in [5.74, 6) is 0.914. The highest BCUT2D eigenvalue weighted by molar-refractivity contribution is 5.67. The van der Waals surface area contributed by atoms with Gasteiger partial charge >= 0.3 is 6.09 Å². The molecule has 1 heterocycles. The molecule has 2 N–H and O–H groups in total. The molecule has 1 aliphatic heterocycles. The minimum atomic E-state index is -0.441. The summed E-state index contributed by atoms with van der Waals surface area (Å²) in [7, 11) is 0. The SMILES string of the molecule is CC(C)C(CNC(=O)OC(C)(C)C)CNN1CCCCC1. The number of ether oxygens (including phenoxy) is 1. The highest BCUT2D eigenvalue weighted by Gasteiger charge is 2.20. The van der Waals surface area contributed by atoms with E-state index in [2.05, 4.69) is 29.6 Å². The standard InChI is InChI=1S/C16H33N3O2/c1-13(2)14(11-17-15(20)21-16(3,4)5)12-18-19-9-7-6-8-10-19/h13-14,18H,6-12H2,1-5H3,(H,17,20). The monoisotopic (exact) mass is 299 g/mol. The van der Waals surface area contributed by atoms with Gasteiger partial charge in [0.05, 0.1) is 0 Å². The molecule has 5 heteroatoms. The smallest absolute Gasteiger partial charge is 0.407 e. The molecule has 0 aromatic heterocycles. The Morgan fingerprint density at radius 2 is 1.76 bits per heavy atom. The number of piperidine rings is 1. The summed E-state index contributed by atoms with van der Waals surface area (Å²) in [6, 6.07) is 0. The molecule has 0 aromatic carbocycles. The van der Waals surface area contributed by atoms with Gasteiger partial charge in [0, 0.05) is 26.2 Å². The molecule has 1 aliphatic rings. The fourth-order valence-corrected chi connectivity index (χ4v) is 2.37. The number of rotatable bonds is 6. The van der Waals surface area contributed by atoms with E-state index in [1.165, 1.54) is 19.3 Å². The van der Waals surface area contributed by atoms with E-state index in [4.69, 9.17) is 4.74 Å². The number of carbonyl (C=O) groups is 1. The van der Waals surface area contributed by atoms with Crippen LogP contribution in [0.4, 0.5) is 4.79 Å². The third-order valence-electron chi connectivity index (χ3n) is 3.78. The van der Waals surface area contributed by atoms with Gasteiger partial charge in [0.1, 0.15) is 5.60 Å². The van der Waals surface area contributed by atoms with Gasteiger partial charge in [-0.1, -0.05) is 20.3 Å². The second-order valence-electron chi connectivity index (χ2n) is 7.30. The lowest BCUT2D eigenvalue weighted by atomic mass is 9.96. The topological polar surface area (TPSA) is 53.6 Å². The summed E-state index contributed by atoms with van der Waals surface area (Å²) in [5.41, 5.74) is 3.08. The molecule has 0 aromatic rings. The van der Waals surface area contributed by atoms with Crippen molar-refractivity contribution in [2.24, 2.45) is 11.8 Å². The molecular formula is C16H33N3O2. The van der Waals surface area contributed by atoms with Crippen molar-refractivity contribution in [1.82, 2.24) is 15.8 Å². The number of hydrogen-bond acceptors (Lipinski definition) is 4. The highest BCUT2D eigenvalue weighted by atomic mass is 16.6. The third-order valence-corrected chi connectivity index (χ3v) is 3.78. The molecule has 0 bridgehead atoms. The van der Waals surface area contributed by atoms with E-state index >= 15 is 0 Å². The first-order valence-corrected chi connectivity index (χ1v) is 8.23. The maximum absolute atomic E-state index is 11.7. The molecule has 5 nitrogen and oxygen atoms in total. The number of alkyl carbamates (subject to hydrolysis) is 1. The minimum Gasteiger partial charge on any atom is -0.444 e. The minimum absolute atomic E-state index is 0.328. The summed E-state index contributed by atoms with van der Waals surface area (Å²) in [5, 5.41) is 5.20. The lowest BCUT2D eigenvalue weighted by molar-refractivity contribution is 0.0509. The first-order valence-electron chi connectivity index (χ1n) is 8.23. The van der Waals surface area contributed by atoms with Crippen LogP contribution < -0.4 is 10.7 Å². The Labute approximate surface area is 129 Å². The van der Waals surface area contributed by atoms with Gasteiger partial charge in [0.2, 0.25) is 0 Å². The van der Waals surface area contributed by atoms with E-state index in [0.717, 1.165) is 19.6 Å². The van der Waals surface area contributed by atoms with Gasteiger partial charge in [-0.2, -0.15) is 0 Å². The quantitative estimate of drug-likeness (QED) is 0.792. The fourth-order valence-electron chi connectivity index (χ4n) is 2.37. The molecule has 1 atom stereocenters. The van der Waals surface area contributed by atoms with E-state index in [0.29, 0.717) is 18.4 Å². The molecule has 1 rings (SSSR count). The molecule has 1 unspecified atom stereocenters. The maximum atomic E-state index is 11.7. The number of amides is 1. The van der Waals surface area contributed by atoms with Crippen LogP contribution in [0.25, 0.3) is 0 Å². The molecule has 0 spiro atoms. The first-order chi connectivity index (χ1) is 9.78. The Morgan fingerprint density at radius 1 is 1.14 bits per heavy atom. The zero-order valence-corrected chi connectivity index (χ0v) is 14.4. The zero-order chi connectivity index (χ0) is 15.9. The van der Waals surface area contributed by atoms with Gasteiger partial charge in [0.25, 0.3) is 0 Å². The van der Waals surface area contributed by atoms with Crippen LogP contribution in [-0.4, -0.2) is 42.9 Å². The van der Waals surface area contributed by atoms with Crippen LogP contribution in [0, 0.1) is 11.8 Å². The predicted molar refractivity (Wildman–Crippen MR) is 86.0 cm³/mol. The maximum Gasteiger partial charge on any atom is 0.407 e. The van der Waals surface area contributed by atoms with Gasteiger partial charge in [-0.25, -0.2) is 9.80 Å². The summed E-state index contributed by atoms with van der Waals surface area (Å²) in [6.07, 6.45) is 3.56. The van der Waals surface area contributed by atoms with Crippen molar-refractivity contribution in [2.45, 2.75) is 59.5 Å². The highest BCUT2D eigenvalue weighted by Crippen LogP contribution is 2.12. The van der Waals surface area contributed by atoms with Crippen molar-refractivity contribution < 1.29 is 9.53 Å². The van der Waals surface area contributed by atoms with Crippen LogP contribution in [0.15, 0.2) is 0 Å². The second-order valence-corrected chi connectivity index (χ2v) is 7.30. The van der Waals surface area contributed by atoms with Crippen LogP contribution >= 0.6 is 0 Å². The molecule has 0 saturated carbocycles. The molecular weight excluding hydrogens is 266 g/mol. The summed E-state index contributed by atoms with van der Waals surface area (Å²) >= 11 is 0. The summed E-state index contributed by atoms with van der Waals surface area (Å²) in [4.78, 5) is 11.7. The Hall–Kier alpha value is -0.810. The normalized spacial score (nSPS) is 18.6. The van der Waals surface area contributed by atoms with E-state index in [-0.39, 0.29) is 6.09 Å². The van der Waals surface area contributed by atoms with Gasteiger partial charge in [-0.3, -0.25) is 5.43 Å². The molecule has 0 aliphatic carbocycles. The molecule has 1 amide bonds. The molecule has 0 radical (unpaired) electrons. The van der Waals surface area contributed by atoms with Gasteiger partial charge in [0.15, 0.2) is 0 Å². The van der Waals surface area contributed by atoms with Gasteiger partial charge in [-0.15, -0.1) is 0 Å². The van der Waals surface area contributed by atoms with E-state index in [1.807, 2.05) is 20.8 Å². The van der Waals surface area contributed by atoms with Crippen molar-refractivity contribution in [3.8, 4) is 0 Å². The van der Waals surface area contributed by atoms with Crippen LogP contribution in [0.5, 0.6) is 0 Å². The molecule has 21 heavy (non-hydrogen) atoms. The number of carbonyl (C=O) groups excluding carboxylic acids is 1. The largest absolute Gasteiger partial charge is 0.444 e. The number of hydrogen-bond donors (Lipinski definition) is 2. The van der Waals surface area contributed by atoms with Crippen LogP contribution in [-0.2, 0) is 4.74 Å². The zero-order valence-electron chi connectivity index (χ0n) is 14.4. The van der Waals surface area contributed by atoms with Crippen molar-refractivity contribution in [1.29, 1.82) is 0 Å². The Kier molecular flexibility index (Phi) is 7.46. The van der Waals surface area contributed by atoms with Gasteiger partial charge < -0.3 is 10.1 Å². The van der Waals surface area contributed by atoms with Crippen LogP contribution in [0.2, 0.25) is 0 Å². The van der Waals surface area contributed by atoms with Gasteiger partial charge in [-0.05, 0) is 45.4 Å².